The Balaban J connectivity index is 1.74. The lowest BCUT2D eigenvalue weighted by atomic mass is 9.98. The lowest BCUT2D eigenvalue weighted by Gasteiger charge is -2.30. The number of nitrogens with zero attached hydrogens (tertiary/aromatic N) is 2. The number of carbonyl (C=O) groups is 2. The van der Waals surface area contributed by atoms with E-state index in [1.807, 2.05) is 18.2 Å². The van der Waals surface area contributed by atoms with Crippen LogP contribution in [0.25, 0.3) is 10.2 Å². The van der Waals surface area contributed by atoms with Gasteiger partial charge in [-0.2, -0.15) is 0 Å². The molecular weight excluding hydrogens is 338 g/mol. The van der Waals surface area contributed by atoms with Gasteiger partial charge in [0.2, 0.25) is 0 Å². The highest BCUT2D eigenvalue weighted by molar-refractivity contribution is 7.18. The fourth-order valence-corrected chi connectivity index (χ4v) is 3.95. The average molecular weight is 361 g/mol. The van der Waals surface area contributed by atoms with Crippen LogP contribution in [0.3, 0.4) is 0 Å². The largest absolute Gasteiger partial charge is 0.481 e. The highest BCUT2D eigenvalue weighted by Crippen LogP contribution is 2.32. The molecule has 6 nitrogen and oxygen atoms in total. The number of benzene rings is 1. The van der Waals surface area contributed by atoms with E-state index in [1.54, 1.807) is 16.2 Å². The average Bonchev–Trinajstić information content (AvgIpc) is 2.98. The molecule has 2 aromatic rings. The van der Waals surface area contributed by atoms with Crippen LogP contribution in [-0.2, 0) is 10.2 Å². The number of hydrogen-bond donors (Lipinski definition) is 2. The molecule has 1 aliphatic rings. The zero-order chi connectivity index (χ0) is 18.2. The van der Waals surface area contributed by atoms with Crippen molar-refractivity contribution in [1.82, 2.24) is 9.88 Å². The number of anilines is 1. The number of piperidine rings is 1. The maximum Gasteiger partial charge on any atom is 0.321 e. The molecule has 1 atom stereocenters. The topological polar surface area (TPSA) is 82.5 Å². The second-order valence-corrected chi connectivity index (χ2v) is 8.54. The molecule has 2 N–H and O–H groups in total. The molecule has 3 rings (SSSR count). The Morgan fingerprint density at radius 1 is 1.36 bits per heavy atom. The molecule has 7 heteroatoms. The SMILES string of the molecule is CC(C)(C)c1nc2ccc(NC(=O)N3CCCC(C(=O)O)C3)cc2s1. The van der Waals surface area contributed by atoms with Gasteiger partial charge in [-0.05, 0) is 31.0 Å². The summed E-state index contributed by atoms with van der Waals surface area (Å²) in [5.74, 6) is -1.31. The number of hydrogen-bond acceptors (Lipinski definition) is 4. The third-order valence-corrected chi connectivity index (χ3v) is 5.78. The van der Waals surface area contributed by atoms with Crippen LogP contribution in [0.4, 0.5) is 10.5 Å². The molecule has 1 aromatic heterocycles. The Kier molecular flexibility index (Phi) is 4.69. The minimum atomic E-state index is -0.835. The fraction of sp³-hybridized carbons (Fsp3) is 0.500. The number of carboxylic acid groups (broad SMARTS) is 1. The molecule has 25 heavy (non-hydrogen) atoms. The lowest BCUT2D eigenvalue weighted by Crippen LogP contribution is -2.44. The maximum absolute atomic E-state index is 12.4. The molecule has 1 unspecified atom stereocenters. The third-order valence-electron chi connectivity index (χ3n) is 4.34. The van der Waals surface area contributed by atoms with E-state index in [1.165, 1.54) is 0 Å². The second-order valence-electron chi connectivity index (χ2n) is 7.51. The number of carbonyl (C=O) groups excluding carboxylic acids is 1. The van der Waals surface area contributed by atoms with E-state index in [9.17, 15) is 9.59 Å². The van der Waals surface area contributed by atoms with E-state index in [2.05, 4.69) is 31.1 Å². The number of urea groups is 1. The molecule has 134 valence electrons. The molecule has 0 spiro atoms. The molecule has 1 saturated heterocycles. The number of rotatable bonds is 2. The minimum absolute atomic E-state index is 0.00720. The summed E-state index contributed by atoms with van der Waals surface area (Å²) in [4.78, 5) is 29.8. The fourth-order valence-electron chi connectivity index (χ4n) is 2.89. The Bertz CT molecular complexity index is 809. The summed E-state index contributed by atoms with van der Waals surface area (Å²) in [6, 6.07) is 5.43. The predicted molar refractivity (Wildman–Crippen MR) is 99.3 cm³/mol. The molecule has 0 aliphatic carbocycles. The standard InChI is InChI=1S/C18H23N3O3S/c1-18(2,3)16-20-13-7-6-12(9-14(13)25-16)19-17(24)21-8-4-5-11(10-21)15(22)23/h6-7,9,11H,4-5,8,10H2,1-3H3,(H,19,24)(H,22,23). The van der Waals surface area contributed by atoms with Crippen LogP contribution in [0, 0.1) is 5.92 Å². The van der Waals surface area contributed by atoms with Crippen LogP contribution in [0.1, 0.15) is 38.6 Å². The van der Waals surface area contributed by atoms with Crippen molar-refractivity contribution < 1.29 is 14.7 Å². The zero-order valence-corrected chi connectivity index (χ0v) is 15.5. The quantitative estimate of drug-likeness (QED) is 0.849. The van der Waals surface area contributed by atoms with Gasteiger partial charge in [-0.15, -0.1) is 11.3 Å². The van der Waals surface area contributed by atoms with Gasteiger partial charge in [-0.25, -0.2) is 9.78 Å². The summed E-state index contributed by atoms with van der Waals surface area (Å²) in [6.45, 7) is 7.23. The van der Waals surface area contributed by atoms with Gasteiger partial charge < -0.3 is 15.3 Å². The molecule has 0 radical (unpaired) electrons. The van der Waals surface area contributed by atoms with Crippen molar-refractivity contribution in [2.45, 2.75) is 39.0 Å². The number of carboxylic acids is 1. The second kappa shape index (κ2) is 6.63. The first-order chi connectivity index (χ1) is 11.7. The number of nitrogens with one attached hydrogen (secondary N) is 1. The Labute approximate surface area is 150 Å². The molecule has 1 aromatic carbocycles. The van der Waals surface area contributed by atoms with Gasteiger partial charge in [0.1, 0.15) is 0 Å². The Morgan fingerprint density at radius 2 is 2.12 bits per heavy atom. The van der Waals surface area contributed by atoms with E-state index in [0.29, 0.717) is 25.1 Å². The maximum atomic E-state index is 12.4. The molecule has 0 bridgehead atoms. The van der Waals surface area contributed by atoms with Crippen molar-refractivity contribution in [2.75, 3.05) is 18.4 Å². The van der Waals surface area contributed by atoms with Gasteiger partial charge in [-0.3, -0.25) is 4.79 Å². The van der Waals surface area contributed by atoms with Gasteiger partial charge in [0.05, 0.1) is 21.1 Å². The lowest BCUT2D eigenvalue weighted by molar-refractivity contribution is -0.143. The Hall–Kier alpha value is -2.15. The number of fused-ring (bicyclic) bond motifs is 1. The first kappa shape index (κ1) is 17.7. The number of likely N-dealkylation sites (tertiary alicyclic amines) is 1. The van der Waals surface area contributed by atoms with Crippen LogP contribution in [0.5, 0.6) is 0 Å². The van der Waals surface area contributed by atoms with E-state index >= 15 is 0 Å². The van der Waals surface area contributed by atoms with Crippen LogP contribution >= 0.6 is 11.3 Å². The summed E-state index contributed by atoms with van der Waals surface area (Å²) in [5.41, 5.74) is 1.63. The summed E-state index contributed by atoms with van der Waals surface area (Å²) in [7, 11) is 0. The molecule has 0 saturated carbocycles. The van der Waals surface area contributed by atoms with Crippen LogP contribution in [0.15, 0.2) is 18.2 Å². The highest BCUT2D eigenvalue weighted by Gasteiger charge is 2.28. The zero-order valence-electron chi connectivity index (χ0n) is 14.7. The van der Waals surface area contributed by atoms with Crippen LogP contribution in [0.2, 0.25) is 0 Å². The van der Waals surface area contributed by atoms with Crippen molar-refractivity contribution >= 4 is 39.2 Å². The molecular formula is C18H23N3O3S. The summed E-state index contributed by atoms with van der Waals surface area (Å²) >= 11 is 1.63. The number of aliphatic carboxylic acids is 1. The summed E-state index contributed by atoms with van der Waals surface area (Å²) < 4.78 is 1.03. The Morgan fingerprint density at radius 3 is 2.80 bits per heavy atom. The predicted octanol–water partition coefficient (Wildman–Crippen LogP) is 3.92. The van der Waals surface area contributed by atoms with Gasteiger partial charge in [0, 0.05) is 24.2 Å². The van der Waals surface area contributed by atoms with E-state index in [-0.39, 0.29) is 18.0 Å². The summed E-state index contributed by atoms with van der Waals surface area (Å²) in [6.07, 6.45) is 1.34. The van der Waals surface area contributed by atoms with Gasteiger partial charge in [0.25, 0.3) is 0 Å². The van der Waals surface area contributed by atoms with E-state index < -0.39 is 11.9 Å². The molecule has 1 aliphatic heterocycles. The highest BCUT2D eigenvalue weighted by atomic mass is 32.1. The van der Waals surface area contributed by atoms with Gasteiger partial charge >= 0.3 is 12.0 Å². The minimum Gasteiger partial charge on any atom is -0.481 e. The van der Waals surface area contributed by atoms with Crippen molar-refractivity contribution in [3.63, 3.8) is 0 Å². The number of thiazole rings is 1. The van der Waals surface area contributed by atoms with Crippen molar-refractivity contribution in [3.05, 3.63) is 23.2 Å². The van der Waals surface area contributed by atoms with Crippen molar-refractivity contribution in [3.8, 4) is 0 Å². The van der Waals surface area contributed by atoms with Gasteiger partial charge in [0.15, 0.2) is 0 Å². The molecule has 1 fully saturated rings. The molecule has 2 heterocycles. The first-order valence-corrected chi connectivity index (χ1v) is 9.25. The monoisotopic (exact) mass is 361 g/mol. The van der Waals surface area contributed by atoms with E-state index in [4.69, 9.17) is 5.11 Å². The molecule has 2 amide bonds. The van der Waals surface area contributed by atoms with Crippen molar-refractivity contribution in [1.29, 1.82) is 0 Å². The normalized spacial score (nSPS) is 18.4. The van der Waals surface area contributed by atoms with Crippen LogP contribution < -0.4 is 5.32 Å². The van der Waals surface area contributed by atoms with Gasteiger partial charge in [-0.1, -0.05) is 20.8 Å². The van der Waals surface area contributed by atoms with E-state index in [0.717, 1.165) is 15.2 Å². The first-order valence-electron chi connectivity index (χ1n) is 8.44. The number of amides is 2. The van der Waals surface area contributed by atoms with Crippen molar-refractivity contribution in [2.24, 2.45) is 5.92 Å². The summed E-state index contributed by atoms with van der Waals surface area (Å²) in [5, 5.41) is 13.1. The van der Waals surface area contributed by atoms with Crippen LogP contribution in [-0.4, -0.2) is 40.1 Å². The number of aromatic nitrogens is 1. The third kappa shape index (κ3) is 3.92. The smallest absolute Gasteiger partial charge is 0.321 e.